The van der Waals surface area contributed by atoms with Crippen LogP contribution < -0.4 is 15.4 Å². The van der Waals surface area contributed by atoms with Crippen LogP contribution in [0.5, 0.6) is 5.75 Å². The quantitative estimate of drug-likeness (QED) is 0.459. The van der Waals surface area contributed by atoms with Crippen LogP contribution in [-0.2, 0) is 4.79 Å². The molecule has 3 aromatic carbocycles. The largest absolute Gasteiger partial charge is 0.479 e. The van der Waals surface area contributed by atoms with E-state index in [0.29, 0.717) is 32.7 Å². The number of benzene rings is 3. The van der Waals surface area contributed by atoms with Gasteiger partial charge in [0.05, 0.1) is 16.3 Å². The highest BCUT2D eigenvalue weighted by Crippen LogP contribution is 2.28. The highest BCUT2D eigenvalue weighted by molar-refractivity contribution is 6.35. The summed E-state index contributed by atoms with van der Waals surface area (Å²) in [5.74, 6) is -0.402. The number of hydrogen-bond donors (Lipinski definition) is 2. The van der Waals surface area contributed by atoms with Gasteiger partial charge in [-0.1, -0.05) is 41.4 Å². The molecule has 0 heterocycles. The van der Waals surface area contributed by atoms with Gasteiger partial charge in [-0.2, -0.15) is 0 Å². The topological polar surface area (TPSA) is 67.4 Å². The van der Waals surface area contributed by atoms with E-state index >= 15 is 0 Å². The zero-order valence-electron chi connectivity index (χ0n) is 17.3. The lowest BCUT2D eigenvalue weighted by Crippen LogP contribution is -2.31. The second-order valence-electron chi connectivity index (χ2n) is 7.12. The molecule has 5 nitrogen and oxygen atoms in total. The highest BCUT2D eigenvalue weighted by Gasteiger charge is 2.19. The first kappa shape index (κ1) is 22.7. The molecule has 0 spiro atoms. The summed E-state index contributed by atoms with van der Waals surface area (Å²) in [7, 11) is 0. The summed E-state index contributed by atoms with van der Waals surface area (Å²) >= 11 is 12.0. The Morgan fingerprint density at radius 1 is 0.903 bits per heavy atom. The SMILES string of the molecule is Cc1ccc(NC(=O)c2ccccc2NC(=O)C(C)Oc2ccc(Cl)cc2Cl)cc1C. The van der Waals surface area contributed by atoms with Crippen LogP contribution in [0, 0.1) is 13.8 Å². The number of halogens is 2. The number of nitrogens with one attached hydrogen (secondary N) is 2. The second kappa shape index (κ2) is 9.86. The van der Waals surface area contributed by atoms with Crippen molar-refractivity contribution in [3.05, 3.63) is 87.4 Å². The van der Waals surface area contributed by atoms with Gasteiger partial charge in [-0.25, -0.2) is 0 Å². The molecule has 0 aliphatic carbocycles. The van der Waals surface area contributed by atoms with Gasteiger partial charge < -0.3 is 15.4 Å². The van der Waals surface area contributed by atoms with Gasteiger partial charge in [0.25, 0.3) is 11.8 Å². The van der Waals surface area contributed by atoms with Crippen molar-refractivity contribution in [2.24, 2.45) is 0 Å². The molecule has 0 saturated carbocycles. The van der Waals surface area contributed by atoms with E-state index in [2.05, 4.69) is 10.6 Å². The molecule has 0 aromatic heterocycles. The monoisotopic (exact) mass is 456 g/mol. The maximum absolute atomic E-state index is 12.8. The lowest BCUT2D eigenvalue weighted by molar-refractivity contribution is -0.122. The van der Waals surface area contributed by atoms with E-state index in [1.54, 1.807) is 43.3 Å². The Labute approximate surface area is 191 Å². The molecule has 0 aliphatic rings. The van der Waals surface area contributed by atoms with Gasteiger partial charge in [-0.3, -0.25) is 9.59 Å². The first-order chi connectivity index (χ1) is 14.7. The number of aryl methyl sites for hydroxylation is 2. The number of rotatable bonds is 6. The van der Waals surface area contributed by atoms with Gasteiger partial charge in [0.1, 0.15) is 5.75 Å². The Bertz CT molecular complexity index is 1130. The number of anilines is 2. The van der Waals surface area contributed by atoms with Gasteiger partial charge in [0.2, 0.25) is 0 Å². The van der Waals surface area contributed by atoms with Crippen molar-refractivity contribution in [1.29, 1.82) is 0 Å². The number of carbonyl (C=O) groups is 2. The molecule has 0 bridgehead atoms. The Hall–Kier alpha value is -3.02. The molecule has 2 N–H and O–H groups in total. The fraction of sp³-hybridized carbons (Fsp3) is 0.167. The molecule has 2 amide bonds. The lowest BCUT2D eigenvalue weighted by Gasteiger charge is -2.17. The standard InChI is InChI=1S/C24H22Cl2N2O3/c1-14-8-10-18(12-15(14)2)27-24(30)19-6-4-5-7-21(19)28-23(29)16(3)31-22-11-9-17(25)13-20(22)26/h4-13,16H,1-3H3,(H,27,30)(H,28,29). The number of hydrogen-bond acceptors (Lipinski definition) is 3. The van der Waals surface area contributed by atoms with E-state index in [9.17, 15) is 9.59 Å². The molecular formula is C24H22Cl2N2O3. The average molecular weight is 457 g/mol. The average Bonchev–Trinajstić information content (AvgIpc) is 2.73. The molecule has 1 atom stereocenters. The zero-order chi connectivity index (χ0) is 22.5. The van der Waals surface area contributed by atoms with Crippen molar-refractivity contribution < 1.29 is 14.3 Å². The third-order valence-electron chi connectivity index (χ3n) is 4.76. The number of amides is 2. The Morgan fingerprint density at radius 2 is 1.65 bits per heavy atom. The first-order valence-corrected chi connectivity index (χ1v) is 10.4. The molecule has 7 heteroatoms. The molecule has 3 aromatic rings. The zero-order valence-corrected chi connectivity index (χ0v) is 18.8. The van der Waals surface area contributed by atoms with Crippen LogP contribution in [0.1, 0.15) is 28.4 Å². The predicted octanol–water partition coefficient (Wildman–Crippen LogP) is 6.27. The number of para-hydroxylation sites is 1. The smallest absolute Gasteiger partial charge is 0.265 e. The van der Waals surface area contributed by atoms with Crippen LogP contribution in [0.25, 0.3) is 0 Å². The first-order valence-electron chi connectivity index (χ1n) is 9.65. The van der Waals surface area contributed by atoms with Crippen LogP contribution in [0.15, 0.2) is 60.7 Å². The normalized spacial score (nSPS) is 11.5. The summed E-state index contributed by atoms with van der Waals surface area (Å²) in [4.78, 5) is 25.5. The third kappa shape index (κ3) is 5.78. The summed E-state index contributed by atoms with van der Waals surface area (Å²) < 4.78 is 5.65. The van der Waals surface area contributed by atoms with E-state index < -0.39 is 12.0 Å². The van der Waals surface area contributed by atoms with Crippen LogP contribution in [0.4, 0.5) is 11.4 Å². The summed E-state index contributed by atoms with van der Waals surface area (Å²) in [6.45, 7) is 5.58. The number of ether oxygens (including phenoxy) is 1. The summed E-state index contributed by atoms with van der Waals surface area (Å²) in [6.07, 6.45) is -0.852. The van der Waals surface area contributed by atoms with E-state index in [0.717, 1.165) is 11.1 Å². The molecule has 0 saturated heterocycles. The van der Waals surface area contributed by atoms with E-state index in [1.165, 1.54) is 6.07 Å². The van der Waals surface area contributed by atoms with E-state index in [4.69, 9.17) is 27.9 Å². The fourth-order valence-corrected chi connectivity index (χ4v) is 3.31. The van der Waals surface area contributed by atoms with Crippen molar-refractivity contribution >= 4 is 46.4 Å². The van der Waals surface area contributed by atoms with Crippen LogP contribution in [0.2, 0.25) is 10.0 Å². The summed E-state index contributed by atoms with van der Waals surface area (Å²) in [5, 5.41) is 6.40. The molecule has 31 heavy (non-hydrogen) atoms. The number of carbonyl (C=O) groups excluding carboxylic acids is 2. The minimum absolute atomic E-state index is 0.306. The second-order valence-corrected chi connectivity index (χ2v) is 7.97. The minimum Gasteiger partial charge on any atom is -0.479 e. The van der Waals surface area contributed by atoms with Crippen molar-refractivity contribution in [3.63, 3.8) is 0 Å². The summed E-state index contributed by atoms with van der Waals surface area (Å²) in [6, 6.07) is 17.2. The minimum atomic E-state index is -0.852. The molecule has 3 rings (SSSR count). The maximum Gasteiger partial charge on any atom is 0.265 e. The van der Waals surface area contributed by atoms with Gasteiger partial charge in [-0.05, 0) is 74.4 Å². The van der Waals surface area contributed by atoms with E-state index in [1.807, 2.05) is 32.0 Å². The van der Waals surface area contributed by atoms with Crippen molar-refractivity contribution in [2.45, 2.75) is 26.9 Å². The fourth-order valence-electron chi connectivity index (χ4n) is 2.86. The highest BCUT2D eigenvalue weighted by atomic mass is 35.5. The third-order valence-corrected chi connectivity index (χ3v) is 5.29. The molecular weight excluding hydrogens is 435 g/mol. The molecule has 0 fully saturated rings. The van der Waals surface area contributed by atoms with Gasteiger partial charge in [0.15, 0.2) is 6.10 Å². The molecule has 0 aliphatic heterocycles. The van der Waals surface area contributed by atoms with Gasteiger partial charge >= 0.3 is 0 Å². The van der Waals surface area contributed by atoms with Crippen molar-refractivity contribution in [1.82, 2.24) is 0 Å². The molecule has 0 radical (unpaired) electrons. The molecule has 1 unspecified atom stereocenters. The van der Waals surface area contributed by atoms with Crippen molar-refractivity contribution in [2.75, 3.05) is 10.6 Å². The molecule has 160 valence electrons. The lowest BCUT2D eigenvalue weighted by atomic mass is 10.1. The van der Waals surface area contributed by atoms with E-state index in [-0.39, 0.29) is 5.91 Å². The van der Waals surface area contributed by atoms with Gasteiger partial charge in [0, 0.05) is 10.7 Å². The van der Waals surface area contributed by atoms with Crippen LogP contribution >= 0.6 is 23.2 Å². The van der Waals surface area contributed by atoms with Gasteiger partial charge in [-0.15, -0.1) is 0 Å². The van der Waals surface area contributed by atoms with Crippen molar-refractivity contribution in [3.8, 4) is 5.75 Å². The Balaban J connectivity index is 1.72. The Morgan fingerprint density at radius 3 is 2.35 bits per heavy atom. The predicted molar refractivity (Wildman–Crippen MR) is 125 cm³/mol. The van der Waals surface area contributed by atoms with Crippen LogP contribution in [-0.4, -0.2) is 17.9 Å². The summed E-state index contributed by atoms with van der Waals surface area (Å²) in [5.41, 5.74) is 3.62. The Kier molecular flexibility index (Phi) is 7.21. The maximum atomic E-state index is 12.8. The van der Waals surface area contributed by atoms with Crippen LogP contribution in [0.3, 0.4) is 0 Å².